The lowest BCUT2D eigenvalue weighted by Crippen LogP contribution is -2.27. The molecule has 3 N–H and O–H groups in total. The Kier molecular flexibility index (Phi) is 6.23. The van der Waals surface area contributed by atoms with Gasteiger partial charge in [0, 0.05) is 12.4 Å². The zero-order valence-corrected chi connectivity index (χ0v) is 10.4. The number of likely N-dealkylation sites (N-methyl/N-ethyl adjacent to an activating group) is 1. The van der Waals surface area contributed by atoms with Crippen LogP contribution in [-0.4, -0.2) is 24.5 Å². The SMILES string of the molecule is CNCC(=O)Nc1c[nH]cc(Br)c1=O.Cl. The second-order valence-corrected chi connectivity index (χ2v) is 3.48. The Bertz CT molecular complexity index is 394. The van der Waals surface area contributed by atoms with E-state index in [0.29, 0.717) is 4.47 Å². The summed E-state index contributed by atoms with van der Waals surface area (Å²) < 4.78 is 0.389. The zero-order chi connectivity index (χ0) is 10.6. The number of rotatable bonds is 3. The highest BCUT2D eigenvalue weighted by atomic mass is 79.9. The number of hydrogen-bond acceptors (Lipinski definition) is 3. The van der Waals surface area contributed by atoms with Crippen molar-refractivity contribution < 1.29 is 4.79 Å². The van der Waals surface area contributed by atoms with Crippen LogP contribution in [0.5, 0.6) is 0 Å². The molecule has 1 aromatic heterocycles. The van der Waals surface area contributed by atoms with Crippen molar-refractivity contribution in [2.75, 3.05) is 18.9 Å². The minimum absolute atomic E-state index is 0. The number of nitrogens with one attached hydrogen (secondary N) is 3. The lowest BCUT2D eigenvalue weighted by Gasteiger charge is -2.03. The monoisotopic (exact) mass is 295 g/mol. The fraction of sp³-hybridized carbons (Fsp3) is 0.250. The Hall–Kier alpha value is -0.850. The Balaban J connectivity index is 0.00000196. The van der Waals surface area contributed by atoms with Crippen molar-refractivity contribution in [1.29, 1.82) is 0 Å². The second kappa shape index (κ2) is 6.60. The Morgan fingerprint density at radius 3 is 2.80 bits per heavy atom. The molecule has 0 aliphatic rings. The number of H-pyrrole nitrogens is 1. The Morgan fingerprint density at radius 2 is 2.20 bits per heavy atom. The molecule has 0 atom stereocenters. The van der Waals surface area contributed by atoms with E-state index < -0.39 is 0 Å². The summed E-state index contributed by atoms with van der Waals surface area (Å²) in [5.74, 6) is -0.254. The predicted octanol–water partition coefficient (Wildman–Crippen LogP) is 0.717. The molecular weight excluding hydrogens is 285 g/mol. The maximum Gasteiger partial charge on any atom is 0.238 e. The van der Waals surface area contributed by atoms with Crippen molar-refractivity contribution in [3.63, 3.8) is 0 Å². The van der Waals surface area contributed by atoms with Gasteiger partial charge in [-0.05, 0) is 23.0 Å². The maximum absolute atomic E-state index is 11.4. The molecule has 0 unspecified atom stereocenters. The van der Waals surface area contributed by atoms with E-state index in [2.05, 4.69) is 31.5 Å². The number of aromatic nitrogens is 1. The fourth-order valence-electron chi connectivity index (χ4n) is 0.906. The van der Waals surface area contributed by atoms with Gasteiger partial charge in [0.25, 0.3) is 0 Å². The number of halogens is 2. The first-order valence-electron chi connectivity index (χ1n) is 3.96. The number of hydrogen-bond donors (Lipinski definition) is 3. The molecule has 84 valence electrons. The van der Waals surface area contributed by atoms with Crippen molar-refractivity contribution in [2.24, 2.45) is 0 Å². The topological polar surface area (TPSA) is 74.0 Å². The first-order chi connectivity index (χ1) is 6.65. The molecule has 1 rings (SSSR count). The molecule has 0 aliphatic heterocycles. The summed E-state index contributed by atoms with van der Waals surface area (Å²) in [4.78, 5) is 25.3. The third-order valence-corrected chi connectivity index (χ3v) is 2.10. The second-order valence-electron chi connectivity index (χ2n) is 2.62. The highest BCUT2D eigenvalue weighted by Gasteiger charge is 2.05. The summed E-state index contributed by atoms with van der Waals surface area (Å²) in [5.41, 5.74) is -0.00664. The quantitative estimate of drug-likeness (QED) is 0.769. The molecule has 1 aromatic rings. The number of pyridine rings is 1. The van der Waals surface area contributed by atoms with Crippen LogP contribution < -0.4 is 16.1 Å². The molecule has 0 aromatic carbocycles. The largest absolute Gasteiger partial charge is 0.365 e. The average molecular weight is 297 g/mol. The third-order valence-electron chi connectivity index (χ3n) is 1.51. The smallest absolute Gasteiger partial charge is 0.238 e. The summed E-state index contributed by atoms with van der Waals surface area (Å²) in [6, 6.07) is 0. The summed E-state index contributed by atoms with van der Waals surface area (Å²) in [7, 11) is 1.66. The van der Waals surface area contributed by atoms with Gasteiger partial charge in [0.1, 0.15) is 5.69 Å². The lowest BCUT2D eigenvalue weighted by molar-refractivity contribution is -0.115. The summed E-state index contributed by atoms with van der Waals surface area (Å²) in [6.45, 7) is 0.173. The Labute approximate surface area is 101 Å². The van der Waals surface area contributed by atoms with Crippen molar-refractivity contribution >= 4 is 39.9 Å². The van der Waals surface area contributed by atoms with Crippen LogP contribution in [0, 0.1) is 0 Å². The Morgan fingerprint density at radius 1 is 1.53 bits per heavy atom. The molecule has 0 spiro atoms. The molecule has 15 heavy (non-hydrogen) atoms. The number of amides is 1. The van der Waals surface area contributed by atoms with Crippen LogP contribution in [0.2, 0.25) is 0 Å². The molecule has 5 nitrogen and oxygen atoms in total. The van der Waals surface area contributed by atoms with Crippen LogP contribution in [-0.2, 0) is 4.79 Å². The zero-order valence-electron chi connectivity index (χ0n) is 7.96. The van der Waals surface area contributed by atoms with Gasteiger partial charge in [-0.25, -0.2) is 0 Å². The predicted molar refractivity (Wildman–Crippen MR) is 64.6 cm³/mol. The van der Waals surface area contributed by atoms with Crippen molar-refractivity contribution in [3.05, 3.63) is 27.1 Å². The van der Waals surface area contributed by atoms with Gasteiger partial charge in [-0.3, -0.25) is 9.59 Å². The van der Waals surface area contributed by atoms with Gasteiger partial charge in [-0.15, -0.1) is 12.4 Å². The molecular formula is C8H11BrClN3O2. The normalized spacial score (nSPS) is 9.20. The van der Waals surface area contributed by atoms with E-state index in [1.165, 1.54) is 12.4 Å². The highest BCUT2D eigenvalue weighted by molar-refractivity contribution is 9.10. The minimum atomic E-state index is -0.254. The molecule has 1 heterocycles. The van der Waals surface area contributed by atoms with Crippen LogP contribution in [0.4, 0.5) is 5.69 Å². The number of carbonyl (C=O) groups is 1. The van der Waals surface area contributed by atoms with Gasteiger partial charge < -0.3 is 15.6 Å². The van der Waals surface area contributed by atoms with Crippen LogP contribution >= 0.6 is 28.3 Å². The van der Waals surface area contributed by atoms with E-state index in [4.69, 9.17) is 0 Å². The molecule has 0 bridgehead atoms. The van der Waals surface area contributed by atoms with Gasteiger partial charge >= 0.3 is 0 Å². The van der Waals surface area contributed by atoms with Gasteiger partial charge in [0.15, 0.2) is 0 Å². The fourth-order valence-corrected chi connectivity index (χ4v) is 1.25. The summed E-state index contributed by atoms with van der Waals surface area (Å²) in [5, 5.41) is 5.16. The van der Waals surface area contributed by atoms with Crippen LogP contribution in [0.15, 0.2) is 21.7 Å². The number of aromatic amines is 1. The maximum atomic E-state index is 11.4. The molecule has 0 radical (unpaired) electrons. The number of anilines is 1. The first kappa shape index (κ1) is 14.2. The van der Waals surface area contributed by atoms with Crippen LogP contribution in [0.1, 0.15) is 0 Å². The van der Waals surface area contributed by atoms with Crippen LogP contribution in [0.25, 0.3) is 0 Å². The standard InChI is InChI=1S/C8H10BrN3O2.ClH/c1-10-4-7(13)12-6-3-11-2-5(9)8(6)14;/h2-3,10H,4H2,1H3,(H,11,14)(H,12,13);1H. The molecule has 0 saturated heterocycles. The van der Waals surface area contributed by atoms with Gasteiger partial charge in [-0.1, -0.05) is 0 Å². The summed E-state index contributed by atoms with van der Waals surface area (Å²) >= 11 is 3.06. The van der Waals surface area contributed by atoms with E-state index in [1.807, 2.05) is 0 Å². The van der Waals surface area contributed by atoms with Gasteiger partial charge in [-0.2, -0.15) is 0 Å². The summed E-state index contributed by atoms with van der Waals surface area (Å²) in [6.07, 6.45) is 2.96. The van der Waals surface area contributed by atoms with Crippen molar-refractivity contribution in [3.8, 4) is 0 Å². The van der Waals surface area contributed by atoms with Crippen LogP contribution in [0.3, 0.4) is 0 Å². The van der Waals surface area contributed by atoms with E-state index in [-0.39, 0.29) is 36.0 Å². The van der Waals surface area contributed by atoms with Crippen molar-refractivity contribution in [1.82, 2.24) is 10.3 Å². The lowest BCUT2D eigenvalue weighted by atomic mass is 10.4. The van der Waals surface area contributed by atoms with E-state index in [9.17, 15) is 9.59 Å². The van der Waals surface area contributed by atoms with Crippen molar-refractivity contribution in [2.45, 2.75) is 0 Å². The number of carbonyl (C=O) groups excluding carboxylic acids is 1. The molecule has 1 amide bonds. The average Bonchev–Trinajstić information content (AvgIpc) is 2.13. The molecule has 0 saturated carbocycles. The molecule has 7 heteroatoms. The van der Waals surface area contributed by atoms with Gasteiger partial charge in [0.2, 0.25) is 11.3 Å². The minimum Gasteiger partial charge on any atom is -0.365 e. The first-order valence-corrected chi connectivity index (χ1v) is 4.75. The third kappa shape index (κ3) is 4.03. The molecule has 0 fully saturated rings. The van der Waals surface area contributed by atoms with E-state index in [1.54, 1.807) is 7.05 Å². The van der Waals surface area contributed by atoms with Gasteiger partial charge in [0.05, 0.1) is 11.0 Å². The van der Waals surface area contributed by atoms with E-state index in [0.717, 1.165) is 0 Å². The van der Waals surface area contributed by atoms with E-state index >= 15 is 0 Å². The highest BCUT2D eigenvalue weighted by Crippen LogP contribution is 2.04. The molecule has 0 aliphatic carbocycles.